The zero-order valence-electron chi connectivity index (χ0n) is 34.3. The van der Waals surface area contributed by atoms with E-state index in [9.17, 15) is 4.79 Å². The van der Waals surface area contributed by atoms with E-state index in [1.54, 1.807) is 20.4 Å². The quantitative estimate of drug-likeness (QED) is 0.0786. The number of nitrogens with one attached hydrogen (secondary N) is 2. The second-order valence-electron chi connectivity index (χ2n) is 17.1. The van der Waals surface area contributed by atoms with Crippen molar-refractivity contribution in [2.45, 2.75) is 135 Å². The van der Waals surface area contributed by atoms with Crippen LogP contribution in [0.3, 0.4) is 0 Å². The number of amides is 1. The van der Waals surface area contributed by atoms with E-state index < -0.39 is 8.07 Å². The minimum absolute atomic E-state index is 0.0275. The number of nitrogen functional groups attached to an aromatic ring is 1. The first-order valence-corrected chi connectivity index (χ1v) is 27.3. The van der Waals surface area contributed by atoms with Gasteiger partial charge < -0.3 is 0 Å². The number of rotatable bonds is 17. The summed E-state index contributed by atoms with van der Waals surface area (Å²) < 4.78 is 21.6. The van der Waals surface area contributed by atoms with Gasteiger partial charge in [-0.2, -0.15) is 0 Å². The minimum atomic E-state index is -1.29. The number of fused-ring (bicyclic) bond motifs is 1. The molecule has 2 fully saturated rings. The van der Waals surface area contributed by atoms with Crippen molar-refractivity contribution < 1.29 is 40.2 Å². The number of halogens is 1. The normalized spacial score (nSPS) is 22.1. The molecule has 12 heteroatoms. The van der Waals surface area contributed by atoms with E-state index in [2.05, 4.69) is 55.7 Å². The van der Waals surface area contributed by atoms with Crippen LogP contribution in [0.5, 0.6) is 11.5 Å². The second-order valence-corrected chi connectivity index (χ2v) is 25.5. The number of aromatic nitrogens is 3. The standard InChI is InChI=1S/C42H68IN6O4Si/c1-9-12-29(10-2)21-28(3)30-15-16-31(25-43-24-30)39-38-40(36(44)27-46-41(38)45-26-32-17-18-35(51-4)23-37(32)52-5)49(48-39)34-14-11-13-33(22-34)47-42(50)53-19-20-54(6,7)8/h17-18,23,27-31,33-34H,9-16,19-22,24-26,44H2,1-8H3,(H,45,46)(H,47,50)/q-1/t28?,29-,30+,31-,33+,34+/m0/s1. The number of pyridine rings is 1. The van der Waals surface area contributed by atoms with Gasteiger partial charge in [0.05, 0.1) is 7.11 Å². The molecule has 1 aliphatic heterocycles. The molecule has 5 rings (SSSR count). The Balaban J connectivity index is 1.44. The predicted octanol–water partition coefficient (Wildman–Crippen LogP) is 6.63. The van der Waals surface area contributed by atoms with Crippen molar-refractivity contribution in [2.24, 2.45) is 17.8 Å². The molecule has 4 N–H and O–H groups in total. The van der Waals surface area contributed by atoms with Crippen molar-refractivity contribution in [3.8, 4) is 11.5 Å². The number of hydrogen-bond donors (Lipinski definition) is 3. The second kappa shape index (κ2) is 19.9. The summed E-state index contributed by atoms with van der Waals surface area (Å²) in [4.78, 5) is 17.8. The molecular weight excluding hydrogens is 807 g/mol. The zero-order chi connectivity index (χ0) is 38.8. The Morgan fingerprint density at radius 3 is 2.65 bits per heavy atom. The monoisotopic (exact) mass is 875 g/mol. The van der Waals surface area contributed by atoms with Crippen LogP contribution in [0.1, 0.15) is 108 Å². The third-order valence-corrected chi connectivity index (χ3v) is 16.9. The first-order chi connectivity index (χ1) is 25.9. The number of carbonyl (C=O) groups is 1. The Morgan fingerprint density at radius 2 is 1.93 bits per heavy atom. The number of alkyl carbamates (subject to hydrolysis) is 1. The number of ether oxygens (including phenoxy) is 3. The summed E-state index contributed by atoms with van der Waals surface area (Å²) in [6, 6.07) is 7.02. The van der Waals surface area contributed by atoms with Crippen molar-refractivity contribution in [3.63, 3.8) is 0 Å². The van der Waals surface area contributed by atoms with Gasteiger partial charge in [0.15, 0.2) is 0 Å². The van der Waals surface area contributed by atoms with Gasteiger partial charge in [-0.3, -0.25) is 0 Å². The summed E-state index contributed by atoms with van der Waals surface area (Å²) in [5, 5.41) is 13.5. The summed E-state index contributed by atoms with van der Waals surface area (Å²) in [6.45, 7) is 15.1. The first-order valence-electron chi connectivity index (χ1n) is 20.5. The van der Waals surface area contributed by atoms with Crippen LogP contribution in [0, 0.1) is 17.8 Å². The molecule has 1 unspecified atom stereocenters. The number of anilines is 2. The Kier molecular flexibility index (Phi) is 15.6. The number of carbonyl (C=O) groups excluding carboxylic acids is 1. The zero-order valence-corrected chi connectivity index (χ0v) is 37.5. The van der Waals surface area contributed by atoms with Gasteiger partial charge in [0, 0.05) is 8.07 Å². The van der Waals surface area contributed by atoms with E-state index in [0.29, 0.717) is 24.8 Å². The Hall–Kier alpha value is -2.74. The molecule has 54 heavy (non-hydrogen) atoms. The molecule has 3 aromatic rings. The number of nitrogens with zero attached hydrogens (tertiary/aromatic N) is 3. The summed E-state index contributed by atoms with van der Waals surface area (Å²) in [6.07, 6.45) is 12.8. The summed E-state index contributed by atoms with van der Waals surface area (Å²) in [5.41, 5.74) is 10.6. The Morgan fingerprint density at radius 1 is 1.11 bits per heavy atom. The molecule has 1 saturated carbocycles. The fourth-order valence-corrected chi connectivity index (χ4v) is 13.2. The third-order valence-electron chi connectivity index (χ3n) is 11.8. The van der Waals surface area contributed by atoms with Gasteiger partial charge in [-0.15, -0.1) is 0 Å². The van der Waals surface area contributed by atoms with E-state index in [-0.39, 0.29) is 39.4 Å². The molecule has 6 atom stereocenters. The average molecular weight is 876 g/mol. The molecule has 1 aromatic carbocycles. The topological polar surface area (TPSA) is 126 Å². The van der Waals surface area contributed by atoms with Gasteiger partial charge in [0.25, 0.3) is 0 Å². The fraction of sp³-hybridized carbons (Fsp3) is 0.690. The van der Waals surface area contributed by atoms with Gasteiger partial charge in [-0.25, -0.2) is 0 Å². The van der Waals surface area contributed by atoms with Crippen molar-refractivity contribution in [2.75, 3.05) is 40.7 Å². The van der Waals surface area contributed by atoms with Crippen molar-refractivity contribution in [3.05, 3.63) is 35.7 Å². The van der Waals surface area contributed by atoms with Gasteiger partial charge in [-0.1, -0.05) is 19.6 Å². The molecule has 2 aliphatic rings. The molecule has 1 saturated heterocycles. The third kappa shape index (κ3) is 11.2. The van der Waals surface area contributed by atoms with Crippen LogP contribution >= 0.6 is 0 Å². The van der Waals surface area contributed by atoms with Crippen molar-refractivity contribution >= 4 is 36.6 Å². The predicted molar refractivity (Wildman–Crippen MR) is 220 cm³/mol. The Labute approximate surface area is 336 Å². The van der Waals surface area contributed by atoms with Gasteiger partial charge in [0.2, 0.25) is 0 Å². The number of alkyl halides is 2. The van der Waals surface area contributed by atoms with E-state index in [4.69, 9.17) is 30.0 Å². The number of methoxy groups -OCH3 is 2. The van der Waals surface area contributed by atoms with E-state index >= 15 is 0 Å². The SMILES string of the molecule is CCC[C@H](CC)CC(C)[C@@H]1CC[C@H](c2nn([C@@H]3CCC[C@@H](NC(=O)OCC[Si](C)(C)C)C3)c3c(N)cnc(NCc4ccc(OC)cc4OC)c23)C[I-]C1. The van der Waals surface area contributed by atoms with E-state index in [1.807, 2.05) is 18.2 Å². The van der Waals surface area contributed by atoms with Crippen LogP contribution in [-0.2, 0) is 11.3 Å². The molecule has 0 radical (unpaired) electrons. The van der Waals surface area contributed by atoms with E-state index in [0.717, 1.165) is 95.4 Å². The van der Waals surface area contributed by atoms with Crippen LogP contribution < -0.4 is 47.0 Å². The van der Waals surface area contributed by atoms with Crippen LogP contribution in [0.15, 0.2) is 24.4 Å². The maximum atomic E-state index is 12.9. The molecule has 1 amide bonds. The first kappa shape index (κ1) is 42.4. The van der Waals surface area contributed by atoms with Crippen LogP contribution in [-0.4, -0.2) is 64.7 Å². The molecule has 0 bridgehead atoms. The molecule has 0 spiro atoms. The molecule has 3 heterocycles. The van der Waals surface area contributed by atoms with Crippen LogP contribution in [0.2, 0.25) is 25.7 Å². The summed E-state index contributed by atoms with van der Waals surface area (Å²) >= 11 is 0.0318. The molecule has 2 aromatic heterocycles. The molecular formula is C42H68IN6O4Si-. The summed E-state index contributed by atoms with van der Waals surface area (Å²) in [5.74, 6) is 5.10. The summed E-state index contributed by atoms with van der Waals surface area (Å²) in [7, 11) is 2.07. The van der Waals surface area contributed by atoms with Crippen molar-refractivity contribution in [1.82, 2.24) is 20.1 Å². The molecule has 1 aliphatic carbocycles. The van der Waals surface area contributed by atoms with Gasteiger partial charge in [-0.05, 0) is 6.04 Å². The van der Waals surface area contributed by atoms with Crippen LogP contribution in [0.4, 0.5) is 16.3 Å². The fourth-order valence-electron chi connectivity index (χ4n) is 8.42. The van der Waals surface area contributed by atoms with E-state index in [1.165, 1.54) is 41.0 Å². The number of hydrogen-bond acceptors (Lipinski definition) is 8. The average Bonchev–Trinajstić information content (AvgIpc) is 3.39. The van der Waals surface area contributed by atoms with Crippen molar-refractivity contribution in [1.29, 1.82) is 0 Å². The maximum absolute atomic E-state index is 12.9. The Bertz CT molecular complexity index is 1660. The molecule has 302 valence electrons. The van der Waals surface area contributed by atoms with Crippen LogP contribution in [0.25, 0.3) is 10.9 Å². The number of benzene rings is 1. The van der Waals surface area contributed by atoms with Gasteiger partial charge in [0.1, 0.15) is 0 Å². The molecule has 10 nitrogen and oxygen atoms in total. The van der Waals surface area contributed by atoms with Gasteiger partial charge >= 0.3 is 297 Å². The number of nitrogens with two attached hydrogens (primary N) is 1.